The second-order valence-corrected chi connectivity index (χ2v) is 6.08. The van der Waals surface area contributed by atoms with Gasteiger partial charge in [-0.2, -0.15) is 0 Å². The number of halogens is 1. The molecule has 1 aromatic heterocycles. The fraction of sp³-hybridized carbons (Fsp3) is 0.375. The molecular weight excluding hydrogens is 286 g/mol. The maximum absolute atomic E-state index is 12.8. The number of benzene rings is 1. The van der Waals surface area contributed by atoms with Crippen LogP contribution in [0.25, 0.3) is 10.9 Å². The minimum atomic E-state index is 0.0237. The average molecular weight is 304 g/mol. The molecule has 4 nitrogen and oxygen atoms in total. The molecule has 5 heteroatoms. The van der Waals surface area contributed by atoms with E-state index in [4.69, 9.17) is 11.6 Å². The van der Waals surface area contributed by atoms with Crippen LogP contribution in [0.4, 0.5) is 0 Å². The zero-order valence-corrected chi connectivity index (χ0v) is 12.9. The molecule has 1 aromatic carbocycles. The number of fused-ring (bicyclic) bond motifs is 1. The highest BCUT2D eigenvalue weighted by atomic mass is 35.5. The minimum absolute atomic E-state index is 0.0237. The normalized spacial score (nSPS) is 22.5. The number of pyridine rings is 1. The van der Waals surface area contributed by atoms with Crippen LogP contribution < -0.4 is 5.32 Å². The third-order valence-corrected chi connectivity index (χ3v) is 4.12. The van der Waals surface area contributed by atoms with Crippen molar-refractivity contribution < 1.29 is 4.79 Å². The number of nitrogens with one attached hydrogen (secondary N) is 1. The Morgan fingerprint density at radius 3 is 2.71 bits per heavy atom. The number of carbonyl (C=O) groups excluding carboxylic acids is 1. The van der Waals surface area contributed by atoms with Crippen molar-refractivity contribution in [1.29, 1.82) is 0 Å². The van der Waals surface area contributed by atoms with E-state index in [1.54, 1.807) is 18.3 Å². The average Bonchev–Trinajstić information content (AvgIpc) is 2.46. The topological polar surface area (TPSA) is 45.2 Å². The molecule has 1 aliphatic rings. The van der Waals surface area contributed by atoms with Crippen molar-refractivity contribution in [3.05, 3.63) is 41.0 Å². The summed E-state index contributed by atoms with van der Waals surface area (Å²) < 4.78 is 0. The van der Waals surface area contributed by atoms with Crippen LogP contribution in [0.15, 0.2) is 30.5 Å². The van der Waals surface area contributed by atoms with Crippen molar-refractivity contribution in [3.63, 3.8) is 0 Å². The van der Waals surface area contributed by atoms with Gasteiger partial charge in [0.15, 0.2) is 0 Å². The summed E-state index contributed by atoms with van der Waals surface area (Å²) in [4.78, 5) is 19.1. The SMILES string of the molecule is C[C@@H]1CN(C(=O)c2ccc(Cl)c3cccnc23)C[C@H](C)N1. The zero-order chi connectivity index (χ0) is 15.0. The first kappa shape index (κ1) is 14.3. The minimum Gasteiger partial charge on any atom is -0.335 e. The number of aromatic nitrogens is 1. The fourth-order valence-electron chi connectivity index (χ4n) is 2.97. The van der Waals surface area contributed by atoms with Crippen LogP contribution in [0.2, 0.25) is 5.02 Å². The molecular formula is C16H18ClN3O. The smallest absolute Gasteiger partial charge is 0.256 e. The summed E-state index contributed by atoms with van der Waals surface area (Å²) in [6.07, 6.45) is 1.69. The molecule has 110 valence electrons. The first-order valence-corrected chi connectivity index (χ1v) is 7.52. The molecule has 1 amide bonds. The van der Waals surface area contributed by atoms with Gasteiger partial charge >= 0.3 is 0 Å². The van der Waals surface area contributed by atoms with Crippen LogP contribution in [0.3, 0.4) is 0 Å². The lowest BCUT2D eigenvalue weighted by Gasteiger charge is -2.36. The van der Waals surface area contributed by atoms with Crippen molar-refractivity contribution in [2.75, 3.05) is 13.1 Å². The molecule has 1 saturated heterocycles. The van der Waals surface area contributed by atoms with Crippen LogP contribution in [0.5, 0.6) is 0 Å². The summed E-state index contributed by atoms with van der Waals surface area (Å²) in [5.74, 6) is 0.0237. The molecule has 1 aliphatic heterocycles. The highest BCUT2D eigenvalue weighted by Crippen LogP contribution is 2.26. The summed E-state index contributed by atoms with van der Waals surface area (Å²) in [6, 6.07) is 7.86. The molecule has 0 radical (unpaired) electrons. The second kappa shape index (κ2) is 5.62. The van der Waals surface area contributed by atoms with Gasteiger partial charge in [-0.05, 0) is 38.1 Å². The molecule has 0 saturated carbocycles. The molecule has 3 rings (SSSR count). The third kappa shape index (κ3) is 2.74. The van der Waals surface area contributed by atoms with Crippen molar-refractivity contribution in [3.8, 4) is 0 Å². The Hall–Kier alpha value is -1.65. The Labute approximate surface area is 129 Å². The van der Waals surface area contributed by atoms with Gasteiger partial charge in [0.1, 0.15) is 0 Å². The predicted octanol–water partition coefficient (Wildman–Crippen LogP) is 2.71. The number of hydrogen-bond donors (Lipinski definition) is 1. The Morgan fingerprint density at radius 1 is 1.29 bits per heavy atom. The van der Waals surface area contributed by atoms with Gasteiger partial charge in [0, 0.05) is 36.8 Å². The number of piperazine rings is 1. The zero-order valence-electron chi connectivity index (χ0n) is 12.1. The number of carbonyl (C=O) groups is 1. The van der Waals surface area contributed by atoms with Gasteiger partial charge in [0.2, 0.25) is 0 Å². The number of amides is 1. The van der Waals surface area contributed by atoms with Crippen molar-refractivity contribution in [2.45, 2.75) is 25.9 Å². The Morgan fingerprint density at radius 2 is 2.00 bits per heavy atom. The molecule has 0 spiro atoms. The van der Waals surface area contributed by atoms with Crippen LogP contribution in [0.1, 0.15) is 24.2 Å². The highest BCUT2D eigenvalue weighted by Gasteiger charge is 2.26. The van der Waals surface area contributed by atoms with E-state index in [0.717, 1.165) is 5.39 Å². The monoisotopic (exact) mass is 303 g/mol. The van der Waals surface area contributed by atoms with Gasteiger partial charge in [-0.3, -0.25) is 9.78 Å². The Kier molecular flexibility index (Phi) is 3.83. The first-order valence-electron chi connectivity index (χ1n) is 7.15. The lowest BCUT2D eigenvalue weighted by atomic mass is 10.1. The van der Waals surface area contributed by atoms with E-state index >= 15 is 0 Å². The van der Waals surface area contributed by atoms with Gasteiger partial charge < -0.3 is 10.2 Å². The van der Waals surface area contributed by atoms with Gasteiger partial charge in [-0.25, -0.2) is 0 Å². The molecule has 0 unspecified atom stereocenters. The Balaban J connectivity index is 2.00. The summed E-state index contributed by atoms with van der Waals surface area (Å²) in [6.45, 7) is 5.60. The van der Waals surface area contributed by atoms with E-state index < -0.39 is 0 Å². The van der Waals surface area contributed by atoms with Crippen LogP contribution in [-0.4, -0.2) is 41.0 Å². The molecule has 2 aromatic rings. The summed E-state index contributed by atoms with van der Waals surface area (Å²) in [5, 5.41) is 4.87. The molecule has 2 atom stereocenters. The van der Waals surface area contributed by atoms with Crippen molar-refractivity contribution in [1.82, 2.24) is 15.2 Å². The number of hydrogen-bond acceptors (Lipinski definition) is 3. The van der Waals surface area contributed by atoms with Crippen molar-refractivity contribution in [2.24, 2.45) is 0 Å². The van der Waals surface area contributed by atoms with Crippen LogP contribution in [-0.2, 0) is 0 Å². The largest absolute Gasteiger partial charge is 0.335 e. The molecule has 1 fully saturated rings. The summed E-state index contributed by atoms with van der Waals surface area (Å²) in [7, 11) is 0. The Bertz CT molecular complexity index is 678. The molecule has 1 N–H and O–H groups in total. The van der Waals surface area contributed by atoms with E-state index in [9.17, 15) is 4.79 Å². The van der Waals surface area contributed by atoms with Gasteiger partial charge in [0.25, 0.3) is 5.91 Å². The second-order valence-electron chi connectivity index (χ2n) is 5.67. The van der Waals surface area contributed by atoms with Gasteiger partial charge in [-0.1, -0.05) is 11.6 Å². The fourth-order valence-corrected chi connectivity index (χ4v) is 3.19. The molecule has 0 aliphatic carbocycles. The van der Waals surface area contributed by atoms with E-state index in [1.807, 2.05) is 17.0 Å². The lowest BCUT2D eigenvalue weighted by Crippen LogP contribution is -2.55. The van der Waals surface area contributed by atoms with Crippen LogP contribution >= 0.6 is 11.6 Å². The summed E-state index contributed by atoms with van der Waals surface area (Å²) >= 11 is 6.19. The summed E-state index contributed by atoms with van der Waals surface area (Å²) in [5.41, 5.74) is 1.30. The van der Waals surface area contributed by atoms with Crippen molar-refractivity contribution >= 4 is 28.4 Å². The first-order chi connectivity index (χ1) is 10.1. The van der Waals surface area contributed by atoms with Crippen LogP contribution in [0, 0.1) is 0 Å². The lowest BCUT2D eigenvalue weighted by molar-refractivity contribution is 0.0675. The highest BCUT2D eigenvalue weighted by molar-refractivity contribution is 6.36. The van der Waals surface area contributed by atoms with E-state index in [2.05, 4.69) is 24.1 Å². The maximum atomic E-state index is 12.8. The maximum Gasteiger partial charge on any atom is 0.256 e. The van der Waals surface area contributed by atoms with Gasteiger partial charge in [0.05, 0.1) is 16.1 Å². The third-order valence-electron chi connectivity index (χ3n) is 3.79. The number of rotatable bonds is 1. The van der Waals surface area contributed by atoms with E-state index in [0.29, 0.717) is 41.3 Å². The molecule has 21 heavy (non-hydrogen) atoms. The quantitative estimate of drug-likeness (QED) is 0.881. The molecule has 2 heterocycles. The standard InChI is InChI=1S/C16H18ClN3O/c1-10-8-20(9-11(2)19-10)16(21)13-5-6-14(17)12-4-3-7-18-15(12)13/h3-7,10-11,19H,8-9H2,1-2H3/t10-,11+. The number of nitrogens with zero attached hydrogens (tertiary/aromatic N) is 2. The van der Waals surface area contributed by atoms with E-state index in [-0.39, 0.29) is 5.91 Å². The molecule has 0 bridgehead atoms. The predicted molar refractivity (Wildman–Crippen MR) is 84.7 cm³/mol. The van der Waals surface area contributed by atoms with Gasteiger partial charge in [-0.15, -0.1) is 0 Å². The van der Waals surface area contributed by atoms with E-state index in [1.165, 1.54) is 0 Å².